The summed E-state index contributed by atoms with van der Waals surface area (Å²) >= 11 is 5.22. The van der Waals surface area contributed by atoms with Gasteiger partial charge in [-0.2, -0.15) is 10.2 Å². The molecule has 2 aromatic heterocycles. The molecule has 0 aliphatic carbocycles. The molecule has 0 fully saturated rings. The number of hydrogen-bond acceptors (Lipinski definition) is 3. The minimum atomic E-state index is 0.579. The van der Waals surface area contributed by atoms with Gasteiger partial charge in [-0.15, -0.1) is 0 Å². The second kappa shape index (κ2) is 5.18. The van der Waals surface area contributed by atoms with Crippen molar-refractivity contribution in [1.29, 1.82) is 0 Å². The van der Waals surface area contributed by atoms with Crippen molar-refractivity contribution >= 4 is 23.0 Å². The van der Waals surface area contributed by atoms with E-state index in [4.69, 9.17) is 12.2 Å². The molecule has 0 aliphatic heterocycles. The first kappa shape index (κ1) is 12.6. The van der Waals surface area contributed by atoms with Gasteiger partial charge in [0, 0.05) is 32.4 Å². The Labute approximate surface area is 111 Å². The summed E-state index contributed by atoms with van der Waals surface area (Å²) in [5.74, 6) is 0. The maximum atomic E-state index is 5.22. The van der Waals surface area contributed by atoms with E-state index < -0.39 is 0 Å². The Morgan fingerprint density at radius 3 is 2.67 bits per heavy atom. The van der Waals surface area contributed by atoms with Gasteiger partial charge in [-0.1, -0.05) is 0 Å². The van der Waals surface area contributed by atoms with Crippen molar-refractivity contribution in [3.8, 4) is 0 Å². The van der Waals surface area contributed by atoms with Gasteiger partial charge in [0.1, 0.15) is 0 Å². The molecule has 7 heteroatoms. The molecular formula is C11H16N6S. The molecule has 2 aromatic rings. The highest BCUT2D eigenvalue weighted by atomic mass is 32.1. The minimum Gasteiger partial charge on any atom is -0.358 e. The van der Waals surface area contributed by atoms with Gasteiger partial charge in [-0.3, -0.25) is 9.36 Å². The average molecular weight is 264 g/mol. The number of nitrogens with one attached hydrogen (secondary N) is 2. The van der Waals surface area contributed by atoms with Gasteiger partial charge < -0.3 is 10.6 Å². The normalized spacial score (nSPS) is 10.4. The van der Waals surface area contributed by atoms with Crippen molar-refractivity contribution in [2.24, 2.45) is 14.1 Å². The summed E-state index contributed by atoms with van der Waals surface area (Å²) in [6.07, 6.45) is 5.52. The molecule has 0 amide bonds. The van der Waals surface area contributed by atoms with Crippen molar-refractivity contribution < 1.29 is 0 Å². The molecule has 0 bridgehead atoms. The van der Waals surface area contributed by atoms with Gasteiger partial charge in [0.2, 0.25) is 0 Å². The molecule has 2 N–H and O–H groups in total. The zero-order chi connectivity index (χ0) is 13.1. The molecule has 0 unspecified atom stereocenters. The third kappa shape index (κ3) is 2.86. The predicted octanol–water partition coefficient (Wildman–Crippen LogP) is 0.949. The van der Waals surface area contributed by atoms with Crippen LogP contribution in [0.1, 0.15) is 11.3 Å². The number of aryl methyl sites for hydroxylation is 2. The number of nitrogens with zero attached hydrogens (tertiary/aromatic N) is 4. The molecule has 0 spiro atoms. The van der Waals surface area contributed by atoms with Crippen LogP contribution in [0.5, 0.6) is 0 Å². The van der Waals surface area contributed by atoms with Gasteiger partial charge in [-0.25, -0.2) is 0 Å². The minimum absolute atomic E-state index is 0.579. The summed E-state index contributed by atoms with van der Waals surface area (Å²) in [6, 6.07) is 0. The van der Waals surface area contributed by atoms with Crippen LogP contribution < -0.4 is 10.6 Å². The first-order chi connectivity index (χ1) is 8.56. The first-order valence-corrected chi connectivity index (χ1v) is 5.98. The monoisotopic (exact) mass is 264 g/mol. The Morgan fingerprint density at radius 1 is 1.33 bits per heavy atom. The lowest BCUT2D eigenvalue weighted by molar-refractivity contribution is 0.740. The second-order valence-corrected chi connectivity index (χ2v) is 4.51. The van der Waals surface area contributed by atoms with E-state index in [1.165, 1.54) is 0 Å². The largest absolute Gasteiger partial charge is 0.358 e. The molecule has 0 atom stereocenters. The lowest BCUT2D eigenvalue weighted by Crippen LogP contribution is -2.27. The Kier molecular flexibility index (Phi) is 3.61. The number of rotatable bonds is 3. The molecule has 6 nitrogen and oxygen atoms in total. The maximum absolute atomic E-state index is 5.22. The van der Waals surface area contributed by atoms with E-state index >= 15 is 0 Å². The van der Waals surface area contributed by atoms with Crippen LogP contribution in [0, 0.1) is 6.92 Å². The van der Waals surface area contributed by atoms with Crippen molar-refractivity contribution in [3.63, 3.8) is 0 Å². The standard InChI is InChI=1S/C11H16N6S/c1-8-10(6-14-17(8)3)15-11(18)12-4-9-5-13-16(2)7-9/h5-7H,4H2,1-3H3,(H2,12,15,18). The van der Waals surface area contributed by atoms with E-state index in [-0.39, 0.29) is 0 Å². The van der Waals surface area contributed by atoms with Gasteiger partial charge in [0.25, 0.3) is 0 Å². The highest BCUT2D eigenvalue weighted by Crippen LogP contribution is 2.11. The van der Waals surface area contributed by atoms with Crippen LogP contribution in [-0.2, 0) is 20.6 Å². The fourth-order valence-corrected chi connectivity index (χ4v) is 1.72. The van der Waals surface area contributed by atoms with E-state index in [1.54, 1.807) is 15.6 Å². The number of thiocarbonyl (C=S) groups is 1. The van der Waals surface area contributed by atoms with Gasteiger partial charge in [0.05, 0.1) is 23.8 Å². The Bertz CT molecular complexity index is 556. The zero-order valence-corrected chi connectivity index (χ0v) is 11.5. The number of aromatic nitrogens is 4. The zero-order valence-electron chi connectivity index (χ0n) is 10.6. The molecule has 0 radical (unpaired) electrons. The van der Waals surface area contributed by atoms with Crippen LogP contribution in [-0.4, -0.2) is 24.7 Å². The van der Waals surface area contributed by atoms with Crippen molar-refractivity contribution in [3.05, 3.63) is 29.8 Å². The first-order valence-electron chi connectivity index (χ1n) is 5.57. The topological polar surface area (TPSA) is 59.7 Å². The van der Waals surface area contributed by atoms with E-state index in [1.807, 2.05) is 33.4 Å². The molecular weight excluding hydrogens is 248 g/mol. The van der Waals surface area contributed by atoms with Gasteiger partial charge in [-0.05, 0) is 19.1 Å². The lowest BCUT2D eigenvalue weighted by Gasteiger charge is -2.08. The summed E-state index contributed by atoms with van der Waals surface area (Å²) in [5, 5.41) is 15.1. The molecule has 0 saturated carbocycles. The maximum Gasteiger partial charge on any atom is 0.171 e. The lowest BCUT2D eigenvalue weighted by atomic mass is 10.3. The van der Waals surface area contributed by atoms with E-state index in [2.05, 4.69) is 20.8 Å². The predicted molar refractivity (Wildman–Crippen MR) is 74.2 cm³/mol. The van der Waals surface area contributed by atoms with Crippen LogP contribution in [0.2, 0.25) is 0 Å². The fraction of sp³-hybridized carbons (Fsp3) is 0.364. The van der Waals surface area contributed by atoms with Crippen LogP contribution in [0.3, 0.4) is 0 Å². The molecule has 2 heterocycles. The third-order valence-electron chi connectivity index (χ3n) is 2.69. The smallest absolute Gasteiger partial charge is 0.171 e. The third-order valence-corrected chi connectivity index (χ3v) is 2.94. The van der Waals surface area contributed by atoms with Gasteiger partial charge >= 0.3 is 0 Å². The Balaban J connectivity index is 1.87. The molecule has 0 aliphatic rings. The van der Waals surface area contributed by atoms with Crippen molar-refractivity contribution in [2.75, 3.05) is 5.32 Å². The number of hydrogen-bond donors (Lipinski definition) is 2. The second-order valence-electron chi connectivity index (χ2n) is 4.10. The fourth-order valence-electron chi connectivity index (χ4n) is 1.53. The van der Waals surface area contributed by atoms with E-state index in [0.717, 1.165) is 16.9 Å². The van der Waals surface area contributed by atoms with Crippen LogP contribution in [0.15, 0.2) is 18.6 Å². The molecule has 96 valence electrons. The molecule has 18 heavy (non-hydrogen) atoms. The van der Waals surface area contributed by atoms with E-state index in [9.17, 15) is 0 Å². The molecule has 2 rings (SSSR count). The van der Waals surface area contributed by atoms with Crippen LogP contribution in [0.4, 0.5) is 5.69 Å². The average Bonchev–Trinajstić information content (AvgIpc) is 2.88. The summed E-state index contributed by atoms with van der Waals surface area (Å²) in [5.41, 5.74) is 3.05. The molecule has 0 saturated heterocycles. The number of anilines is 1. The Hall–Kier alpha value is -1.89. The summed E-state index contributed by atoms with van der Waals surface area (Å²) in [6.45, 7) is 2.64. The summed E-state index contributed by atoms with van der Waals surface area (Å²) in [4.78, 5) is 0. The Morgan fingerprint density at radius 2 is 2.11 bits per heavy atom. The SMILES string of the molecule is Cc1c(NC(=S)NCc2cnn(C)c2)cnn1C. The van der Waals surface area contributed by atoms with Crippen LogP contribution in [0.25, 0.3) is 0 Å². The quantitative estimate of drug-likeness (QED) is 0.808. The van der Waals surface area contributed by atoms with Crippen LogP contribution >= 0.6 is 12.2 Å². The van der Waals surface area contributed by atoms with Crippen molar-refractivity contribution in [1.82, 2.24) is 24.9 Å². The summed E-state index contributed by atoms with van der Waals surface area (Å²) < 4.78 is 3.56. The van der Waals surface area contributed by atoms with Crippen molar-refractivity contribution in [2.45, 2.75) is 13.5 Å². The highest BCUT2D eigenvalue weighted by Gasteiger charge is 2.05. The van der Waals surface area contributed by atoms with E-state index in [0.29, 0.717) is 11.7 Å². The summed E-state index contributed by atoms with van der Waals surface area (Å²) in [7, 11) is 3.78. The molecule has 0 aromatic carbocycles. The van der Waals surface area contributed by atoms with Gasteiger partial charge in [0.15, 0.2) is 5.11 Å². The highest BCUT2D eigenvalue weighted by molar-refractivity contribution is 7.80.